The molecule has 3 aromatic carbocycles. The summed E-state index contributed by atoms with van der Waals surface area (Å²) >= 11 is 0. The molecule has 0 unspecified atom stereocenters. The van der Waals surface area contributed by atoms with Crippen molar-refractivity contribution in [3.05, 3.63) is 94.0 Å². The van der Waals surface area contributed by atoms with Crippen molar-refractivity contribution >= 4 is 27.3 Å². The summed E-state index contributed by atoms with van der Waals surface area (Å²) in [4.78, 5) is 23.2. The second-order valence-electron chi connectivity index (χ2n) is 7.57. The molecule has 0 saturated carbocycles. The lowest BCUT2D eigenvalue weighted by molar-refractivity contribution is -0.384. The fourth-order valence-electron chi connectivity index (χ4n) is 3.30. The molecule has 178 valence electrons. The molecule has 3 aromatic rings. The van der Waals surface area contributed by atoms with Crippen LogP contribution in [0.1, 0.15) is 11.1 Å². The first-order valence-corrected chi connectivity index (χ1v) is 11.9. The van der Waals surface area contributed by atoms with E-state index < -0.39 is 27.4 Å². The molecule has 0 atom stereocenters. The Labute approximate surface area is 198 Å². The van der Waals surface area contributed by atoms with E-state index in [1.165, 1.54) is 30.3 Å². The minimum Gasteiger partial charge on any atom is -0.491 e. The van der Waals surface area contributed by atoms with Crippen molar-refractivity contribution in [2.75, 3.05) is 24.0 Å². The molecule has 0 aliphatic heterocycles. The number of ether oxygens (including phenoxy) is 1. The largest absolute Gasteiger partial charge is 0.491 e. The van der Waals surface area contributed by atoms with E-state index in [0.29, 0.717) is 5.75 Å². The van der Waals surface area contributed by atoms with Gasteiger partial charge in [0.15, 0.2) is 0 Å². The van der Waals surface area contributed by atoms with Crippen LogP contribution in [0.3, 0.4) is 0 Å². The fraction of sp³-hybridized carbons (Fsp3) is 0.208. The molecule has 0 aliphatic rings. The Balaban J connectivity index is 1.74. The van der Waals surface area contributed by atoms with E-state index in [-0.39, 0.29) is 29.4 Å². The van der Waals surface area contributed by atoms with Crippen LogP contribution in [0.15, 0.2) is 77.7 Å². The fourth-order valence-corrected chi connectivity index (χ4v) is 4.73. The van der Waals surface area contributed by atoms with Crippen molar-refractivity contribution in [1.82, 2.24) is 5.32 Å². The van der Waals surface area contributed by atoms with Crippen LogP contribution in [0, 0.1) is 24.0 Å². The second-order valence-corrected chi connectivity index (χ2v) is 9.43. The molecule has 0 fully saturated rings. The molecule has 1 amide bonds. The lowest BCUT2D eigenvalue weighted by Gasteiger charge is -2.24. The summed E-state index contributed by atoms with van der Waals surface area (Å²) in [6.07, 6.45) is 0. The van der Waals surface area contributed by atoms with Crippen molar-refractivity contribution in [3.8, 4) is 5.75 Å². The average Bonchev–Trinajstić information content (AvgIpc) is 2.82. The average molecular weight is 484 g/mol. The highest BCUT2D eigenvalue weighted by molar-refractivity contribution is 7.92. The van der Waals surface area contributed by atoms with Crippen LogP contribution >= 0.6 is 0 Å². The van der Waals surface area contributed by atoms with Crippen LogP contribution < -0.4 is 14.4 Å². The van der Waals surface area contributed by atoms with Crippen LogP contribution in [0.2, 0.25) is 0 Å². The van der Waals surface area contributed by atoms with E-state index in [4.69, 9.17) is 4.74 Å². The third-order valence-corrected chi connectivity index (χ3v) is 6.75. The minimum absolute atomic E-state index is 0.0136. The predicted octanol–water partition coefficient (Wildman–Crippen LogP) is 3.60. The zero-order chi connectivity index (χ0) is 24.7. The molecule has 3 rings (SSSR count). The van der Waals surface area contributed by atoms with Gasteiger partial charge >= 0.3 is 0 Å². The van der Waals surface area contributed by atoms with Gasteiger partial charge in [0.05, 0.1) is 22.1 Å². The van der Waals surface area contributed by atoms with E-state index in [2.05, 4.69) is 5.32 Å². The molecule has 1 N–H and O–H groups in total. The van der Waals surface area contributed by atoms with Crippen molar-refractivity contribution < 1.29 is 22.9 Å². The Kier molecular flexibility index (Phi) is 7.85. The minimum atomic E-state index is -4.16. The molecule has 34 heavy (non-hydrogen) atoms. The van der Waals surface area contributed by atoms with Crippen molar-refractivity contribution in [3.63, 3.8) is 0 Å². The normalized spacial score (nSPS) is 11.0. The van der Waals surface area contributed by atoms with E-state index in [0.717, 1.165) is 21.5 Å². The predicted molar refractivity (Wildman–Crippen MR) is 128 cm³/mol. The van der Waals surface area contributed by atoms with Crippen molar-refractivity contribution in [1.29, 1.82) is 0 Å². The van der Waals surface area contributed by atoms with E-state index >= 15 is 0 Å². The Morgan fingerprint density at radius 2 is 1.76 bits per heavy atom. The summed E-state index contributed by atoms with van der Waals surface area (Å²) in [6.45, 7) is 3.69. The number of carbonyl (C=O) groups excluding carboxylic acids is 1. The number of nitrogens with zero attached hydrogens (tertiary/aromatic N) is 2. The topological polar surface area (TPSA) is 119 Å². The Bertz CT molecular complexity index is 1280. The number of hydrogen-bond donors (Lipinski definition) is 1. The standard InChI is InChI=1S/C24H25N3O6S/c1-18-11-12-23(19(2)15-18)33-14-13-25-24(28)17-26(20-7-6-8-21(16-20)27(29)30)34(31,32)22-9-4-3-5-10-22/h3-12,15-16H,13-14,17H2,1-2H3,(H,25,28). The van der Waals surface area contributed by atoms with E-state index in [1.807, 2.05) is 32.0 Å². The van der Waals surface area contributed by atoms with Gasteiger partial charge in [0.25, 0.3) is 15.7 Å². The van der Waals surface area contributed by atoms with Gasteiger partial charge in [-0.1, -0.05) is 42.0 Å². The van der Waals surface area contributed by atoms with Crippen LogP contribution in [-0.4, -0.2) is 38.9 Å². The van der Waals surface area contributed by atoms with Crippen LogP contribution in [0.5, 0.6) is 5.75 Å². The molecule has 0 aliphatic carbocycles. The van der Waals surface area contributed by atoms with Gasteiger partial charge in [-0.3, -0.25) is 19.2 Å². The maximum atomic E-state index is 13.3. The van der Waals surface area contributed by atoms with Gasteiger partial charge < -0.3 is 10.1 Å². The highest BCUT2D eigenvalue weighted by Gasteiger charge is 2.28. The number of nitro benzene ring substituents is 1. The van der Waals surface area contributed by atoms with Gasteiger partial charge in [-0.15, -0.1) is 0 Å². The quantitative estimate of drug-likeness (QED) is 0.267. The molecule has 0 bridgehead atoms. The molecule has 0 heterocycles. The summed E-state index contributed by atoms with van der Waals surface area (Å²) < 4.78 is 33.1. The van der Waals surface area contributed by atoms with Crippen LogP contribution in [0.25, 0.3) is 0 Å². The Hall–Kier alpha value is -3.92. The number of nitro groups is 1. The van der Waals surface area contributed by atoms with Gasteiger partial charge in [-0.25, -0.2) is 8.42 Å². The number of sulfonamides is 1. The zero-order valence-electron chi connectivity index (χ0n) is 18.8. The number of non-ortho nitro benzene ring substituents is 1. The maximum Gasteiger partial charge on any atom is 0.271 e. The highest BCUT2D eigenvalue weighted by Crippen LogP contribution is 2.26. The number of nitrogens with one attached hydrogen (secondary N) is 1. The van der Waals surface area contributed by atoms with Crippen molar-refractivity contribution in [2.45, 2.75) is 18.7 Å². The summed E-state index contributed by atoms with van der Waals surface area (Å²) in [6, 6.07) is 18.5. The number of carbonyl (C=O) groups is 1. The van der Waals surface area contributed by atoms with Crippen LogP contribution in [-0.2, 0) is 14.8 Å². The maximum absolute atomic E-state index is 13.3. The molecule has 0 spiro atoms. The third-order valence-electron chi connectivity index (χ3n) is 4.96. The second kappa shape index (κ2) is 10.8. The monoisotopic (exact) mass is 483 g/mol. The lowest BCUT2D eigenvalue weighted by Crippen LogP contribution is -2.42. The Morgan fingerprint density at radius 3 is 2.44 bits per heavy atom. The molecule has 0 saturated heterocycles. The van der Waals surface area contributed by atoms with E-state index in [1.54, 1.807) is 18.2 Å². The first-order valence-electron chi connectivity index (χ1n) is 10.5. The van der Waals surface area contributed by atoms with Crippen molar-refractivity contribution in [2.24, 2.45) is 0 Å². The van der Waals surface area contributed by atoms with Gasteiger partial charge in [-0.2, -0.15) is 0 Å². The van der Waals surface area contributed by atoms with Gasteiger partial charge in [0.2, 0.25) is 5.91 Å². The summed E-state index contributed by atoms with van der Waals surface area (Å²) in [5.41, 5.74) is 1.81. The first-order chi connectivity index (χ1) is 16.2. The lowest BCUT2D eigenvalue weighted by atomic mass is 10.1. The summed E-state index contributed by atoms with van der Waals surface area (Å²) in [5, 5.41) is 13.8. The molecule has 0 aromatic heterocycles. The SMILES string of the molecule is Cc1ccc(OCCNC(=O)CN(c2cccc([N+](=O)[O-])c2)S(=O)(=O)c2ccccc2)c(C)c1. The number of hydrogen-bond acceptors (Lipinski definition) is 6. The number of anilines is 1. The first kappa shape index (κ1) is 24.7. The number of aryl methyl sites for hydroxylation is 2. The summed E-state index contributed by atoms with van der Waals surface area (Å²) in [5.74, 6) is 0.125. The number of amides is 1. The molecule has 0 radical (unpaired) electrons. The van der Waals surface area contributed by atoms with E-state index in [9.17, 15) is 23.3 Å². The smallest absolute Gasteiger partial charge is 0.271 e. The number of rotatable bonds is 10. The van der Waals surface area contributed by atoms with Crippen LogP contribution in [0.4, 0.5) is 11.4 Å². The summed E-state index contributed by atoms with van der Waals surface area (Å²) in [7, 11) is -4.16. The Morgan fingerprint density at radius 1 is 1.03 bits per heavy atom. The highest BCUT2D eigenvalue weighted by atomic mass is 32.2. The third kappa shape index (κ3) is 6.10. The molecule has 9 nitrogen and oxygen atoms in total. The molecular formula is C24H25N3O6S. The molecule has 10 heteroatoms. The number of benzene rings is 3. The van der Waals surface area contributed by atoms with Gasteiger partial charge in [0.1, 0.15) is 18.9 Å². The van der Waals surface area contributed by atoms with Gasteiger partial charge in [0, 0.05) is 12.1 Å². The van der Waals surface area contributed by atoms with Gasteiger partial charge in [-0.05, 0) is 43.7 Å². The zero-order valence-corrected chi connectivity index (χ0v) is 19.6. The molecular weight excluding hydrogens is 458 g/mol.